The van der Waals surface area contributed by atoms with Gasteiger partial charge in [0.1, 0.15) is 48.0 Å². The zero-order valence-electron chi connectivity index (χ0n) is 48.5. The second kappa shape index (κ2) is 40.8. The van der Waals surface area contributed by atoms with Crippen molar-refractivity contribution in [3.63, 3.8) is 0 Å². The first-order valence-corrected chi connectivity index (χ1v) is 28.6. The molecule has 34 nitrogen and oxygen atoms in total. The van der Waals surface area contributed by atoms with Crippen molar-refractivity contribution in [2.75, 3.05) is 65.4 Å². The number of nitrogens with two attached hydrogens (primary N) is 9. The first-order valence-electron chi connectivity index (χ1n) is 28.6. The van der Waals surface area contributed by atoms with Crippen molar-refractivity contribution in [1.82, 2.24) is 62.7 Å². The number of aromatic nitrogens is 2. The van der Waals surface area contributed by atoms with Crippen molar-refractivity contribution in [2.24, 2.45) is 56.6 Å². The second-order valence-electron chi connectivity index (χ2n) is 20.3. The SMILES string of the molecule is C[C@H](NC(=O)/C(=C/CCN=C(N)N)NC(=O)[C@H](CCCCN)NC(=O)[C@H](Cc1cnc[nH]1)NC(=O)[C@@H]1CCCN1C(=O)[C@@H](CCCN)NC(=O)CNC(=O)[C@@H](NC(=O)[C@@H](NC(=O)[C@@H](N)CCCCN)[C@@H](O)CN)[C@@H](O)CN)C(=O)NCCCCN. The summed E-state index contributed by atoms with van der Waals surface area (Å²) < 4.78 is 0. The number of hydrogen-bond donors (Lipinski definition) is 21. The highest BCUT2D eigenvalue weighted by molar-refractivity contribution is 6.02. The van der Waals surface area contributed by atoms with E-state index in [0.717, 1.165) is 0 Å². The molecule has 30 N–H and O–H groups in total. The molecule has 85 heavy (non-hydrogen) atoms. The maximum atomic E-state index is 14.4. The van der Waals surface area contributed by atoms with E-state index in [-0.39, 0.29) is 82.8 Å². The number of nitrogens with one attached hydrogen (secondary N) is 10. The molecular formula is C51H94N22O12. The molecule has 2 heterocycles. The number of hydrogen-bond acceptors (Lipinski definition) is 21. The van der Waals surface area contributed by atoms with E-state index in [9.17, 15) is 58.2 Å². The van der Waals surface area contributed by atoms with Gasteiger partial charge in [0.05, 0.1) is 31.1 Å². The van der Waals surface area contributed by atoms with Crippen LogP contribution >= 0.6 is 0 Å². The molecule has 10 amide bonds. The number of unbranched alkanes of at least 4 members (excludes halogenated alkanes) is 3. The molecule has 2 rings (SSSR count). The minimum absolute atomic E-state index is 0.0189. The number of aromatic amines is 1. The number of nitrogens with zero attached hydrogens (tertiary/aromatic N) is 3. The number of guanidine groups is 1. The number of imidazole rings is 1. The van der Waals surface area contributed by atoms with Crippen LogP contribution in [-0.4, -0.2) is 216 Å². The van der Waals surface area contributed by atoms with Crippen molar-refractivity contribution in [3.8, 4) is 0 Å². The Hall–Kier alpha value is -7.44. The predicted octanol–water partition coefficient (Wildman–Crippen LogP) is -9.53. The Kier molecular flexibility index (Phi) is 35.3. The van der Waals surface area contributed by atoms with Crippen LogP contribution in [0.15, 0.2) is 29.3 Å². The molecule has 34 heteroatoms. The minimum atomic E-state index is -1.83. The smallest absolute Gasteiger partial charge is 0.268 e. The summed E-state index contributed by atoms with van der Waals surface area (Å²) in [6.07, 6.45) is 4.64. The van der Waals surface area contributed by atoms with E-state index in [1.54, 1.807) is 0 Å². The zero-order valence-corrected chi connectivity index (χ0v) is 48.5. The maximum Gasteiger partial charge on any atom is 0.268 e. The number of H-pyrrole nitrogens is 1. The Bertz CT molecular complexity index is 2340. The van der Waals surface area contributed by atoms with Crippen LogP contribution in [0.4, 0.5) is 0 Å². The highest BCUT2D eigenvalue weighted by Gasteiger charge is 2.40. The van der Waals surface area contributed by atoms with Crippen LogP contribution in [0.2, 0.25) is 0 Å². The Labute approximate surface area is 494 Å². The minimum Gasteiger partial charge on any atom is -0.389 e. The fourth-order valence-corrected chi connectivity index (χ4v) is 8.62. The van der Waals surface area contributed by atoms with Crippen LogP contribution in [-0.2, 0) is 54.4 Å². The number of carbonyl (C=O) groups is 10. The summed E-state index contributed by atoms with van der Waals surface area (Å²) >= 11 is 0. The van der Waals surface area contributed by atoms with Gasteiger partial charge in [-0.2, -0.15) is 0 Å². The molecule has 1 aromatic rings. The zero-order chi connectivity index (χ0) is 63.4. The van der Waals surface area contributed by atoms with E-state index in [1.807, 2.05) is 0 Å². The van der Waals surface area contributed by atoms with Crippen LogP contribution in [0, 0.1) is 0 Å². The fourth-order valence-electron chi connectivity index (χ4n) is 8.62. The summed E-state index contributed by atoms with van der Waals surface area (Å²) in [5, 5.41) is 43.9. The third kappa shape index (κ3) is 27.0. The summed E-state index contributed by atoms with van der Waals surface area (Å²) in [7, 11) is 0. The molecule has 1 saturated heterocycles. The van der Waals surface area contributed by atoms with Gasteiger partial charge in [0.25, 0.3) is 5.91 Å². The molecule has 480 valence electrons. The highest BCUT2D eigenvalue weighted by atomic mass is 16.3. The quantitative estimate of drug-likeness (QED) is 0.0125. The van der Waals surface area contributed by atoms with Gasteiger partial charge in [-0.15, -0.1) is 0 Å². The lowest BCUT2D eigenvalue weighted by molar-refractivity contribution is -0.142. The normalized spacial score (nSPS) is 16.3. The number of amides is 10. The molecule has 1 aliphatic heterocycles. The monoisotopic (exact) mass is 1210 g/mol. The molecule has 1 fully saturated rings. The summed E-state index contributed by atoms with van der Waals surface area (Å²) in [6.45, 7) is 1.10. The average molecular weight is 1210 g/mol. The largest absolute Gasteiger partial charge is 0.389 e. The van der Waals surface area contributed by atoms with Gasteiger partial charge in [-0.1, -0.05) is 12.5 Å². The van der Waals surface area contributed by atoms with Crippen LogP contribution in [0.5, 0.6) is 0 Å². The maximum absolute atomic E-state index is 14.4. The molecular weight excluding hydrogens is 1110 g/mol. The van der Waals surface area contributed by atoms with Crippen molar-refractivity contribution in [1.29, 1.82) is 0 Å². The number of aliphatic imine (C=N–C) groups is 1. The van der Waals surface area contributed by atoms with E-state index in [1.165, 1.54) is 30.4 Å². The lowest BCUT2D eigenvalue weighted by Gasteiger charge is -2.30. The van der Waals surface area contributed by atoms with Crippen LogP contribution in [0.25, 0.3) is 0 Å². The van der Waals surface area contributed by atoms with E-state index in [2.05, 4.69) is 62.8 Å². The van der Waals surface area contributed by atoms with E-state index < -0.39 is 139 Å². The topological polar surface area (TPSA) is 598 Å². The Morgan fingerprint density at radius 1 is 0.694 bits per heavy atom. The molecule has 0 radical (unpaired) electrons. The number of rotatable bonds is 42. The Morgan fingerprint density at radius 2 is 1.31 bits per heavy atom. The standard InChI is InChI=1S/C51H94N22O12/c1-29(42(77)62-20-7-6-18-54)66-44(79)33(14-9-21-63-51(59)60)68-45(80)32(12-3-5-17-53)69-46(81)35(23-30-26-61-28-65-30)70-47(82)36-15-10-22-73(36)50(85)34(13-8-19-55)67-39(76)27-64-48(83)40(37(74)24-56)72-49(84)41(38(75)25-57)71-43(78)31(58)11-2-4-16-52/h14,26,28-29,31-32,34-38,40-41,74-75H,2-13,15-25,27,52-58H2,1H3,(H,61,65)(H,62,77)(H,64,83)(H,66,79)(H,67,76)(H,68,80)(H,69,81)(H,70,82)(H,71,78)(H,72,84)(H4,59,60,63)/b33-14-/t29-,31-,32-,34+,35-,36-,37-,38-,40-,41-/m0/s1. The Morgan fingerprint density at radius 3 is 1.92 bits per heavy atom. The molecule has 0 saturated carbocycles. The number of aliphatic hydroxyl groups excluding tert-OH is 2. The summed E-state index contributed by atoms with van der Waals surface area (Å²) in [4.78, 5) is 149. The van der Waals surface area contributed by atoms with Gasteiger partial charge in [-0.25, -0.2) is 4.98 Å². The van der Waals surface area contributed by atoms with Crippen molar-refractivity contribution in [3.05, 3.63) is 30.0 Å². The van der Waals surface area contributed by atoms with Crippen molar-refractivity contribution >= 4 is 65.0 Å². The van der Waals surface area contributed by atoms with Crippen LogP contribution in [0.3, 0.4) is 0 Å². The van der Waals surface area contributed by atoms with Crippen LogP contribution < -0.4 is 99.5 Å². The third-order valence-corrected chi connectivity index (χ3v) is 13.4. The van der Waals surface area contributed by atoms with E-state index in [0.29, 0.717) is 70.3 Å². The molecule has 0 unspecified atom stereocenters. The average Bonchev–Trinajstić information content (AvgIpc) is 3.91. The third-order valence-electron chi connectivity index (χ3n) is 13.4. The van der Waals surface area contributed by atoms with Gasteiger partial charge in [0, 0.05) is 51.0 Å². The van der Waals surface area contributed by atoms with Crippen molar-refractivity contribution in [2.45, 2.75) is 157 Å². The van der Waals surface area contributed by atoms with Gasteiger partial charge in [0.2, 0.25) is 53.2 Å². The van der Waals surface area contributed by atoms with Gasteiger partial charge in [0.15, 0.2) is 5.96 Å². The molecule has 0 aliphatic carbocycles. The molecule has 1 aliphatic rings. The number of carbonyl (C=O) groups excluding carboxylic acids is 10. The first-order chi connectivity index (χ1) is 40.6. The van der Waals surface area contributed by atoms with E-state index >= 15 is 0 Å². The fraction of sp³-hybridized carbons (Fsp3) is 0.686. The van der Waals surface area contributed by atoms with Gasteiger partial charge < -0.3 is 120 Å². The summed E-state index contributed by atoms with van der Waals surface area (Å²) in [5.41, 5.74) is 50.9. The summed E-state index contributed by atoms with van der Waals surface area (Å²) in [6, 6.07) is -10.9. The van der Waals surface area contributed by atoms with E-state index in [4.69, 9.17) is 51.6 Å². The Balaban J connectivity index is 2.34. The molecule has 0 bridgehead atoms. The predicted molar refractivity (Wildman–Crippen MR) is 312 cm³/mol. The second-order valence-corrected chi connectivity index (χ2v) is 20.3. The molecule has 0 aromatic carbocycles. The lowest BCUT2D eigenvalue weighted by Crippen LogP contribution is -2.63. The highest BCUT2D eigenvalue weighted by Crippen LogP contribution is 2.21. The van der Waals surface area contributed by atoms with Crippen LogP contribution in [0.1, 0.15) is 96.1 Å². The molecule has 10 atom stereocenters. The van der Waals surface area contributed by atoms with Gasteiger partial charge >= 0.3 is 0 Å². The van der Waals surface area contributed by atoms with Gasteiger partial charge in [-0.05, 0) is 110 Å². The first kappa shape index (κ1) is 73.7. The van der Waals surface area contributed by atoms with Crippen molar-refractivity contribution < 1.29 is 58.2 Å². The summed E-state index contributed by atoms with van der Waals surface area (Å²) in [5.74, 6) is -8.64. The lowest BCUT2D eigenvalue weighted by atomic mass is 10.0. The number of aliphatic hydroxyl groups is 2. The number of likely N-dealkylation sites (tertiary alicyclic amines) is 1. The molecule has 1 aromatic heterocycles. The van der Waals surface area contributed by atoms with Gasteiger partial charge in [-0.3, -0.25) is 52.9 Å². The molecule has 0 spiro atoms.